The number of methoxy groups -OCH3 is 1. The third-order valence-electron chi connectivity index (χ3n) is 3.65. The van der Waals surface area contributed by atoms with Crippen LogP contribution in [0.25, 0.3) is 0 Å². The minimum atomic E-state index is -0.744. The first-order valence-corrected chi connectivity index (χ1v) is 8.97. The van der Waals surface area contributed by atoms with Gasteiger partial charge in [-0.1, -0.05) is 0 Å². The molecule has 0 radical (unpaired) electrons. The van der Waals surface area contributed by atoms with E-state index in [1.165, 1.54) is 20.2 Å². The molecule has 162 valence electrons. The summed E-state index contributed by atoms with van der Waals surface area (Å²) in [7, 11) is 1.18. The summed E-state index contributed by atoms with van der Waals surface area (Å²) in [4.78, 5) is 62.9. The van der Waals surface area contributed by atoms with Gasteiger partial charge in [0, 0.05) is 24.3 Å². The van der Waals surface area contributed by atoms with Crippen molar-refractivity contribution in [3.63, 3.8) is 0 Å². The van der Waals surface area contributed by atoms with Crippen molar-refractivity contribution in [2.45, 2.75) is 52.8 Å². The quantitative estimate of drug-likeness (QED) is 0.589. The largest absolute Gasteiger partial charge is 0.468 e. The highest BCUT2D eigenvalue weighted by Gasteiger charge is 2.23. The number of alkyl carbamates (subject to hydrolysis) is 1. The van der Waals surface area contributed by atoms with Gasteiger partial charge in [-0.3, -0.25) is 23.9 Å². The number of aromatic nitrogens is 2. The van der Waals surface area contributed by atoms with Crippen LogP contribution in [0.1, 0.15) is 33.3 Å². The molecule has 1 unspecified atom stereocenters. The van der Waals surface area contributed by atoms with Crippen LogP contribution < -0.4 is 16.6 Å². The van der Waals surface area contributed by atoms with Gasteiger partial charge in [0.2, 0.25) is 5.91 Å². The monoisotopic (exact) mass is 412 g/mol. The van der Waals surface area contributed by atoms with Crippen molar-refractivity contribution in [3.8, 4) is 0 Å². The highest BCUT2D eigenvalue weighted by atomic mass is 16.6. The Morgan fingerprint density at radius 2 is 1.90 bits per heavy atom. The molecule has 2 N–H and O–H groups in total. The number of esters is 1. The maximum absolute atomic E-state index is 12.7. The second-order valence-electron chi connectivity index (χ2n) is 7.60. The fourth-order valence-electron chi connectivity index (χ4n) is 2.34. The van der Waals surface area contributed by atoms with Gasteiger partial charge in [-0.05, 0) is 34.6 Å². The maximum Gasteiger partial charge on any atom is 0.407 e. The molecule has 1 aromatic rings. The number of aryl methyl sites for hydroxylation is 1. The van der Waals surface area contributed by atoms with Gasteiger partial charge in [0.05, 0.1) is 7.11 Å². The molecule has 1 rings (SSSR count). The van der Waals surface area contributed by atoms with Gasteiger partial charge >= 0.3 is 17.8 Å². The lowest BCUT2D eigenvalue weighted by Crippen LogP contribution is -2.48. The number of carbonyl (C=O) groups excluding carboxylic acids is 3. The fourth-order valence-corrected chi connectivity index (χ4v) is 2.34. The van der Waals surface area contributed by atoms with E-state index in [9.17, 15) is 24.0 Å². The summed E-state index contributed by atoms with van der Waals surface area (Å²) in [5.74, 6) is -1.23. The SMILES string of the molecule is COC(=O)CN(CC(C)NC(=O)OC(C)(C)C)C(=O)Cn1cc(C)c(=O)[nH]c1=O. The van der Waals surface area contributed by atoms with Gasteiger partial charge < -0.3 is 19.7 Å². The van der Waals surface area contributed by atoms with Crippen LogP contribution in [0.4, 0.5) is 4.79 Å². The van der Waals surface area contributed by atoms with Crippen molar-refractivity contribution < 1.29 is 23.9 Å². The van der Waals surface area contributed by atoms with E-state index in [0.29, 0.717) is 0 Å². The van der Waals surface area contributed by atoms with Crippen molar-refractivity contribution in [2.75, 3.05) is 20.2 Å². The number of amides is 2. The van der Waals surface area contributed by atoms with Gasteiger partial charge in [0.25, 0.3) is 5.56 Å². The first-order chi connectivity index (χ1) is 13.3. The third-order valence-corrected chi connectivity index (χ3v) is 3.65. The first kappa shape index (κ1) is 23.9. The van der Waals surface area contributed by atoms with E-state index in [-0.39, 0.29) is 18.7 Å². The summed E-state index contributed by atoms with van der Waals surface area (Å²) in [6.45, 7) is 7.50. The zero-order chi connectivity index (χ0) is 22.4. The van der Waals surface area contributed by atoms with Crippen LogP contribution in [-0.2, 0) is 25.6 Å². The molecule has 0 saturated heterocycles. The number of hydrogen-bond donors (Lipinski definition) is 2. The second kappa shape index (κ2) is 9.89. The molecule has 0 spiro atoms. The minimum Gasteiger partial charge on any atom is -0.468 e. The summed E-state index contributed by atoms with van der Waals surface area (Å²) in [6, 6.07) is -0.549. The molecule has 1 aromatic heterocycles. The summed E-state index contributed by atoms with van der Waals surface area (Å²) in [6.07, 6.45) is 0.598. The summed E-state index contributed by atoms with van der Waals surface area (Å²) in [5.41, 5.74) is -1.71. The predicted octanol–water partition coefficient (Wildman–Crippen LogP) is -0.240. The van der Waals surface area contributed by atoms with E-state index in [2.05, 4.69) is 15.0 Å². The van der Waals surface area contributed by atoms with Crippen molar-refractivity contribution in [1.29, 1.82) is 0 Å². The fraction of sp³-hybridized carbons (Fsp3) is 0.611. The van der Waals surface area contributed by atoms with Crippen LogP contribution in [0.3, 0.4) is 0 Å². The highest BCUT2D eigenvalue weighted by molar-refractivity contribution is 5.82. The van der Waals surface area contributed by atoms with E-state index in [4.69, 9.17) is 4.74 Å². The van der Waals surface area contributed by atoms with Gasteiger partial charge in [0.1, 0.15) is 18.7 Å². The van der Waals surface area contributed by atoms with E-state index in [1.54, 1.807) is 27.7 Å². The number of ether oxygens (including phenoxy) is 2. The van der Waals surface area contributed by atoms with Gasteiger partial charge in [0.15, 0.2) is 0 Å². The lowest BCUT2D eigenvalue weighted by Gasteiger charge is -2.27. The minimum absolute atomic E-state index is 0.0235. The Hall–Kier alpha value is -3.11. The molecule has 11 nitrogen and oxygen atoms in total. The Morgan fingerprint density at radius 1 is 1.28 bits per heavy atom. The van der Waals surface area contributed by atoms with Crippen molar-refractivity contribution >= 4 is 18.0 Å². The Kier molecular flexibility index (Phi) is 8.16. The number of nitrogens with one attached hydrogen (secondary N) is 2. The van der Waals surface area contributed by atoms with Crippen LogP contribution in [0, 0.1) is 6.92 Å². The number of hydrogen-bond acceptors (Lipinski definition) is 7. The topological polar surface area (TPSA) is 140 Å². The maximum atomic E-state index is 12.7. The molecule has 0 aromatic carbocycles. The highest BCUT2D eigenvalue weighted by Crippen LogP contribution is 2.07. The molecule has 29 heavy (non-hydrogen) atoms. The van der Waals surface area contributed by atoms with Crippen LogP contribution in [-0.4, -0.2) is 64.3 Å². The van der Waals surface area contributed by atoms with Gasteiger partial charge in [-0.2, -0.15) is 0 Å². The van der Waals surface area contributed by atoms with Crippen molar-refractivity contribution in [3.05, 3.63) is 32.6 Å². The Bertz CT molecular complexity index is 866. The zero-order valence-corrected chi connectivity index (χ0v) is 17.5. The number of rotatable bonds is 7. The molecule has 0 fully saturated rings. The van der Waals surface area contributed by atoms with Crippen molar-refractivity contribution in [1.82, 2.24) is 19.8 Å². The molecule has 1 atom stereocenters. The molecule has 0 aliphatic carbocycles. The molecule has 11 heteroatoms. The standard InChI is InChI=1S/C18H28N4O7/c1-11-7-22(16(26)20-15(11)25)9-13(23)21(10-14(24)28-6)8-12(2)19-17(27)29-18(3,4)5/h7,12H,8-10H2,1-6H3,(H,19,27)(H,20,25,26). The summed E-state index contributed by atoms with van der Waals surface area (Å²) < 4.78 is 10.8. The van der Waals surface area contributed by atoms with Gasteiger partial charge in [-0.15, -0.1) is 0 Å². The first-order valence-electron chi connectivity index (χ1n) is 8.97. The Balaban J connectivity index is 2.91. The van der Waals surface area contributed by atoms with E-state index < -0.39 is 47.4 Å². The van der Waals surface area contributed by atoms with E-state index in [1.807, 2.05) is 0 Å². The van der Waals surface area contributed by atoms with Crippen molar-refractivity contribution in [2.24, 2.45) is 0 Å². The van der Waals surface area contributed by atoms with Crippen LogP contribution >= 0.6 is 0 Å². The second-order valence-corrected chi connectivity index (χ2v) is 7.60. The lowest BCUT2D eigenvalue weighted by molar-refractivity contribution is -0.147. The van der Waals surface area contributed by atoms with Crippen LogP contribution in [0.15, 0.2) is 15.8 Å². The van der Waals surface area contributed by atoms with Crippen LogP contribution in [0.2, 0.25) is 0 Å². The number of carbonyl (C=O) groups is 3. The van der Waals surface area contributed by atoms with E-state index >= 15 is 0 Å². The summed E-state index contributed by atoms with van der Waals surface area (Å²) >= 11 is 0. The number of H-pyrrole nitrogens is 1. The van der Waals surface area contributed by atoms with E-state index in [0.717, 1.165) is 9.47 Å². The number of aromatic amines is 1. The Morgan fingerprint density at radius 3 is 2.45 bits per heavy atom. The molecular weight excluding hydrogens is 384 g/mol. The average molecular weight is 412 g/mol. The molecule has 0 aliphatic heterocycles. The smallest absolute Gasteiger partial charge is 0.407 e. The molecule has 0 saturated carbocycles. The predicted molar refractivity (Wildman–Crippen MR) is 103 cm³/mol. The molecular formula is C18H28N4O7. The van der Waals surface area contributed by atoms with Gasteiger partial charge in [-0.25, -0.2) is 9.59 Å². The molecule has 1 heterocycles. The average Bonchev–Trinajstić information content (AvgIpc) is 2.56. The normalized spacial score (nSPS) is 12.1. The molecule has 0 bridgehead atoms. The summed E-state index contributed by atoms with van der Waals surface area (Å²) in [5, 5.41) is 2.58. The lowest BCUT2D eigenvalue weighted by atomic mass is 10.2. The molecule has 2 amide bonds. The third kappa shape index (κ3) is 8.20. The van der Waals surface area contributed by atoms with Crippen LogP contribution in [0.5, 0.6) is 0 Å². The molecule has 0 aliphatic rings. The Labute approximate surface area is 168 Å². The number of nitrogens with zero attached hydrogens (tertiary/aromatic N) is 2. The zero-order valence-electron chi connectivity index (χ0n) is 17.5.